The quantitative estimate of drug-likeness (QED) is 0.794. The van der Waals surface area contributed by atoms with Gasteiger partial charge in [0.1, 0.15) is 5.82 Å². The van der Waals surface area contributed by atoms with Crippen LogP contribution >= 0.6 is 0 Å². The van der Waals surface area contributed by atoms with E-state index in [1.807, 2.05) is 0 Å². The first-order valence-corrected chi connectivity index (χ1v) is 7.23. The third-order valence-corrected chi connectivity index (χ3v) is 4.60. The SMILES string of the molecule is CC1CS(=O)(=O)CCN1c1cncc(C(=O)O)n1. The molecule has 1 saturated heterocycles. The van der Waals surface area contributed by atoms with E-state index < -0.39 is 15.8 Å². The summed E-state index contributed by atoms with van der Waals surface area (Å²) >= 11 is 0. The van der Waals surface area contributed by atoms with Crippen LogP contribution in [-0.2, 0) is 9.84 Å². The van der Waals surface area contributed by atoms with Crippen LogP contribution in [0.4, 0.5) is 5.82 Å². The molecule has 1 aliphatic rings. The van der Waals surface area contributed by atoms with Crippen molar-refractivity contribution in [3.05, 3.63) is 18.1 Å². The molecule has 1 N–H and O–H groups in total. The van der Waals surface area contributed by atoms with Gasteiger partial charge in [0.2, 0.25) is 0 Å². The fraction of sp³-hybridized carbons (Fsp3) is 0.500. The van der Waals surface area contributed by atoms with Crippen molar-refractivity contribution in [3.8, 4) is 0 Å². The molecule has 0 radical (unpaired) electrons. The summed E-state index contributed by atoms with van der Waals surface area (Å²) in [6, 6.07) is -0.234. The summed E-state index contributed by atoms with van der Waals surface area (Å²) in [6.45, 7) is 2.08. The molecule has 1 aromatic rings. The maximum atomic E-state index is 11.5. The van der Waals surface area contributed by atoms with E-state index in [0.29, 0.717) is 12.4 Å². The Morgan fingerprint density at radius 1 is 1.50 bits per heavy atom. The number of rotatable bonds is 2. The van der Waals surface area contributed by atoms with E-state index >= 15 is 0 Å². The second-order valence-corrected chi connectivity index (χ2v) is 6.45. The number of hydrogen-bond acceptors (Lipinski definition) is 6. The van der Waals surface area contributed by atoms with Gasteiger partial charge in [-0.15, -0.1) is 0 Å². The van der Waals surface area contributed by atoms with Gasteiger partial charge in [0.25, 0.3) is 0 Å². The number of nitrogens with zero attached hydrogens (tertiary/aromatic N) is 3. The topological polar surface area (TPSA) is 100 Å². The van der Waals surface area contributed by atoms with Crippen LogP contribution in [0.5, 0.6) is 0 Å². The maximum absolute atomic E-state index is 11.5. The van der Waals surface area contributed by atoms with Gasteiger partial charge in [-0.05, 0) is 6.92 Å². The van der Waals surface area contributed by atoms with E-state index in [-0.39, 0.29) is 23.2 Å². The Morgan fingerprint density at radius 3 is 2.83 bits per heavy atom. The van der Waals surface area contributed by atoms with Gasteiger partial charge in [0.15, 0.2) is 15.5 Å². The molecule has 1 atom stereocenters. The highest BCUT2D eigenvalue weighted by molar-refractivity contribution is 7.91. The van der Waals surface area contributed by atoms with Crippen LogP contribution in [0.15, 0.2) is 12.4 Å². The Hall–Kier alpha value is -1.70. The predicted octanol–water partition coefficient (Wildman–Crippen LogP) is -0.202. The molecule has 0 spiro atoms. The monoisotopic (exact) mass is 271 g/mol. The molecule has 0 aliphatic carbocycles. The van der Waals surface area contributed by atoms with Crippen LogP contribution in [0.3, 0.4) is 0 Å². The first kappa shape index (κ1) is 12.7. The van der Waals surface area contributed by atoms with Gasteiger partial charge < -0.3 is 10.0 Å². The number of aromatic nitrogens is 2. The lowest BCUT2D eigenvalue weighted by Crippen LogP contribution is -2.47. The Labute approximate surface area is 104 Å². The molecule has 1 unspecified atom stereocenters. The van der Waals surface area contributed by atoms with E-state index in [2.05, 4.69) is 9.97 Å². The van der Waals surface area contributed by atoms with Crippen molar-refractivity contribution in [2.24, 2.45) is 0 Å². The lowest BCUT2D eigenvalue weighted by atomic mass is 10.3. The Morgan fingerprint density at radius 2 is 2.22 bits per heavy atom. The zero-order valence-electron chi connectivity index (χ0n) is 9.78. The van der Waals surface area contributed by atoms with Crippen molar-refractivity contribution in [2.45, 2.75) is 13.0 Å². The van der Waals surface area contributed by atoms with Gasteiger partial charge in [0, 0.05) is 12.6 Å². The fourth-order valence-electron chi connectivity index (χ4n) is 1.94. The summed E-state index contributed by atoms with van der Waals surface area (Å²) in [4.78, 5) is 20.3. The average molecular weight is 271 g/mol. The predicted molar refractivity (Wildman–Crippen MR) is 64.5 cm³/mol. The summed E-state index contributed by atoms with van der Waals surface area (Å²) in [5, 5.41) is 8.84. The third-order valence-electron chi connectivity index (χ3n) is 2.81. The van der Waals surface area contributed by atoms with Crippen molar-refractivity contribution in [2.75, 3.05) is 23.0 Å². The van der Waals surface area contributed by atoms with E-state index in [9.17, 15) is 13.2 Å². The normalized spacial score (nSPS) is 22.7. The molecule has 0 bridgehead atoms. The molecule has 98 valence electrons. The second kappa shape index (κ2) is 4.52. The number of anilines is 1. The van der Waals surface area contributed by atoms with Crippen molar-refractivity contribution in [1.29, 1.82) is 0 Å². The number of aromatic carboxylic acids is 1. The first-order valence-electron chi connectivity index (χ1n) is 5.41. The molecule has 2 heterocycles. The second-order valence-electron chi connectivity index (χ2n) is 4.22. The molecule has 18 heavy (non-hydrogen) atoms. The van der Waals surface area contributed by atoms with Crippen LogP contribution in [0.2, 0.25) is 0 Å². The van der Waals surface area contributed by atoms with Gasteiger partial charge in [-0.3, -0.25) is 4.98 Å². The summed E-state index contributed by atoms with van der Waals surface area (Å²) in [5.74, 6) is -0.651. The highest BCUT2D eigenvalue weighted by atomic mass is 32.2. The summed E-state index contributed by atoms with van der Waals surface area (Å²) < 4.78 is 22.9. The highest BCUT2D eigenvalue weighted by Gasteiger charge is 2.29. The van der Waals surface area contributed by atoms with Crippen LogP contribution in [0.25, 0.3) is 0 Å². The van der Waals surface area contributed by atoms with Crippen LogP contribution < -0.4 is 4.90 Å². The van der Waals surface area contributed by atoms with Crippen LogP contribution in [-0.4, -0.2) is 53.6 Å². The van der Waals surface area contributed by atoms with Gasteiger partial charge in [0.05, 0.1) is 23.9 Å². The molecule has 0 saturated carbocycles. The Bertz CT molecular complexity index is 572. The average Bonchev–Trinajstić information content (AvgIpc) is 2.28. The van der Waals surface area contributed by atoms with E-state index in [4.69, 9.17) is 5.11 Å². The molecule has 1 aliphatic heterocycles. The molecule has 7 nitrogen and oxygen atoms in total. The molecular weight excluding hydrogens is 258 g/mol. The van der Waals surface area contributed by atoms with Gasteiger partial charge >= 0.3 is 5.97 Å². The molecular formula is C10H13N3O4S. The summed E-state index contributed by atoms with van der Waals surface area (Å²) in [6.07, 6.45) is 2.61. The summed E-state index contributed by atoms with van der Waals surface area (Å²) in [5.41, 5.74) is -0.145. The molecule has 2 rings (SSSR count). The van der Waals surface area contributed by atoms with Crippen LogP contribution in [0.1, 0.15) is 17.4 Å². The lowest BCUT2D eigenvalue weighted by Gasteiger charge is -2.33. The third kappa shape index (κ3) is 2.58. The largest absolute Gasteiger partial charge is 0.476 e. The van der Waals surface area contributed by atoms with Gasteiger partial charge in [-0.25, -0.2) is 18.2 Å². The number of carboxylic acid groups (broad SMARTS) is 1. The lowest BCUT2D eigenvalue weighted by molar-refractivity contribution is 0.0690. The van der Waals surface area contributed by atoms with E-state index in [1.54, 1.807) is 11.8 Å². The Kier molecular flexibility index (Phi) is 3.20. The zero-order chi connectivity index (χ0) is 13.3. The van der Waals surface area contributed by atoms with Gasteiger partial charge in [-0.2, -0.15) is 0 Å². The van der Waals surface area contributed by atoms with E-state index in [1.165, 1.54) is 6.20 Å². The minimum Gasteiger partial charge on any atom is -0.476 e. The standard InChI is InChI=1S/C10H13N3O4S/c1-7-6-18(16,17)3-2-13(7)9-5-11-4-8(12-9)10(14)15/h4-5,7H,2-3,6H2,1H3,(H,14,15). The van der Waals surface area contributed by atoms with Crippen molar-refractivity contribution in [1.82, 2.24) is 9.97 Å². The Balaban J connectivity index is 2.27. The highest BCUT2D eigenvalue weighted by Crippen LogP contribution is 2.18. The molecule has 0 aromatic carbocycles. The maximum Gasteiger partial charge on any atom is 0.356 e. The minimum absolute atomic E-state index is 0.0476. The minimum atomic E-state index is -3.01. The van der Waals surface area contributed by atoms with Gasteiger partial charge in [-0.1, -0.05) is 0 Å². The summed E-state index contributed by atoms with van der Waals surface area (Å²) in [7, 11) is -3.01. The first-order chi connectivity index (χ1) is 8.39. The number of carbonyl (C=O) groups is 1. The molecule has 8 heteroatoms. The number of carboxylic acids is 1. The number of hydrogen-bond donors (Lipinski definition) is 1. The molecule has 0 amide bonds. The smallest absolute Gasteiger partial charge is 0.356 e. The van der Waals surface area contributed by atoms with Crippen LogP contribution in [0, 0.1) is 0 Å². The van der Waals surface area contributed by atoms with Crippen molar-refractivity contribution in [3.63, 3.8) is 0 Å². The zero-order valence-corrected chi connectivity index (χ0v) is 10.6. The fourth-order valence-corrected chi connectivity index (χ4v) is 3.49. The van der Waals surface area contributed by atoms with Crippen molar-refractivity contribution >= 4 is 21.6 Å². The molecule has 1 aromatic heterocycles. The molecule has 1 fully saturated rings. The van der Waals surface area contributed by atoms with E-state index in [0.717, 1.165) is 6.20 Å². The number of sulfone groups is 1. The van der Waals surface area contributed by atoms with Crippen molar-refractivity contribution < 1.29 is 18.3 Å².